The van der Waals surface area contributed by atoms with Gasteiger partial charge in [-0.2, -0.15) is 12.2 Å². The molecule has 4 rings (SSSR count). The van der Waals surface area contributed by atoms with E-state index in [0.717, 1.165) is 29.9 Å². The van der Waals surface area contributed by atoms with Gasteiger partial charge in [0.25, 0.3) is 10.0 Å². The van der Waals surface area contributed by atoms with Gasteiger partial charge in [-0.1, -0.05) is 11.6 Å². The molecular formula is C20H19Cl2F2N5O2S2. The van der Waals surface area contributed by atoms with Gasteiger partial charge in [-0.3, -0.25) is 0 Å². The number of nitrogens with zero attached hydrogens (tertiary/aromatic N) is 3. The standard InChI is InChI=1S/C20H19Cl2F2N5O2S2/c1-25-13-4-5-28(9-13)18-6-12(23)2-3-16(18)27-17-8-15(24)19(7-14(17)21)33(30,31)29(22)20-10-32-11-26-20/h2-3,6-8,10-11,13,25,27H,4-5,9H2,1H3. The predicted molar refractivity (Wildman–Crippen MR) is 128 cm³/mol. The summed E-state index contributed by atoms with van der Waals surface area (Å²) < 4.78 is 54.9. The van der Waals surface area contributed by atoms with Crippen molar-refractivity contribution in [1.82, 2.24) is 10.3 Å². The van der Waals surface area contributed by atoms with E-state index < -0.39 is 26.6 Å². The quantitative estimate of drug-likeness (QED) is 0.417. The van der Waals surface area contributed by atoms with Crippen molar-refractivity contribution < 1.29 is 17.2 Å². The lowest BCUT2D eigenvalue weighted by atomic mass is 10.2. The molecule has 1 unspecified atom stereocenters. The zero-order valence-electron chi connectivity index (χ0n) is 17.2. The fourth-order valence-electron chi connectivity index (χ4n) is 3.56. The van der Waals surface area contributed by atoms with E-state index in [0.29, 0.717) is 28.3 Å². The van der Waals surface area contributed by atoms with Crippen LogP contribution in [0.4, 0.5) is 31.7 Å². The molecule has 1 aliphatic heterocycles. The molecule has 0 radical (unpaired) electrons. The molecule has 33 heavy (non-hydrogen) atoms. The van der Waals surface area contributed by atoms with E-state index in [1.54, 1.807) is 0 Å². The lowest BCUT2D eigenvalue weighted by Gasteiger charge is -2.23. The highest BCUT2D eigenvalue weighted by molar-refractivity contribution is 7.94. The molecule has 0 aliphatic carbocycles. The van der Waals surface area contributed by atoms with Crippen molar-refractivity contribution >= 4 is 67.6 Å². The molecule has 1 saturated heterocycles. The SMILES string of the molecule is CNC1CCN(c2cc(F)ccc2Nc2cc(F)c(S(=O)(=O)N(Cl)c3cscn3)cc2Cl)C1. The van der Waals surface area contributed by atoms with Crippen LogP contribution in [0.1, 0.15) is 6.42 Å². The van der Waals surface area contributed by atoms with Crippen molar-refractivity contribution in [2.24, 2.45) is 0 Å². The van der Waals surface area contributed by atoms with E-state index in [1.165, 1.54) is 29.1 Å². The largest absolute Gasteiger partial charge is 0.368 e. The van der Waals surface area contributed by atoms with Crippen LogP contribution in [0.3, 0.4) is 0 Å². The minimum absolute atomic E-state index is 0.0527. The summed E-state index contributed by atoms with van der Waals surface area (Å²) in [6, 6.07) is 6.41. The number of likely N-dealkylation sites (N-methyl/N-ethyl adjacent to an activating group) is 1. The molecule has 0 spiro atoms. The molecule has 0 saturated carbocycles. The number of anilines is 4. The summed E-state index contributed by atoms with van der Waals surface area (Å²) in [5.41, 5.74) is 2.62. The fourth-order valence-corrected chi connectivity index (χ4v) is 5.88. The molecule has 1 aromatic heterocycles. The second-order valence-corrected chi connectivity index (χ2v) is 10.8. The first kappa shape index (κ1) is 24.0. The molecule has 2 N–H and O–H groups in total. The van der Waals surface area contributed by atoms with Crippen LogP contribution < -0.4 is 19.4 Å². The Balaban J connectivity index is 1.65. The molecule has 1 fully saturated rings. The van der Waals surface area contributed by atoms with E-state index in [1.807, 2.05) is 11.9 Å². The van der Waals surface area contributed by atoms with Crippen LogP contribution in [-0.4, -0.2) is 39.6 Å². The predicted octanol–water partition coefficient (Wildman–Crippen LogP) is 4.97. The highest BCUT2D eigenvalue weighted by Gasteiger charge is 2.30. The summed E-state index contributed by atoms with van der Waals surface area (Å²) in [6.45, 7) is 1.39. The van der Waals surface area contributed by atoms with Crippen LogP contribution >= 0.6 is 34.7 Å². The van der Waals surface area contributed by atoms with E-state index in [2.05, 4.69) is 15.6 Å². The first-order chi connectivity index (χ1) is 15.7. The summed E-state index contributed by atoms with van der Waals surface area (Å²) in [6.07, 6.45) is 0.891. The lowest BCUT2D eigenvalue weighted by Crippen LogP contribution is -2.29. The Hall–Kier alpha value is -2.18. The van der Waals surface area contributed by atoms with Crippen molar-refractivity contribution in [2.75, 3.05) is 34.2 Å². The van der Waals surface area contributed by atoms with Gasteiger partial charge in [-0.15, -0.1) is 11.3 Å². The van der Waals surface area contributed by atoms with E-state index >= 15 is 0 Å². The molecular weight excluding hydrogens is 515 g/mol. The number of hydrogen-bond donors (Lipinski definition) is 2. The Morgan fingerprint density at radius 1 is 1.24 bits per heavy atom. The van der Waals surface area contributed by atoms with Gasteiger partial charge in [0.1, 0.15) is 16.5 Å². The van der Waals surface area contributed by atoms with Gasteiger partial charge < -0.3 is 15.5 Å². The number of thiazole rings is 1. The van der Waals surface area contributed by atoms with Gasteiger partial charge >= 0.3 is 0 Å². The molecule has 13 heteroatoms. The Bertz CT molecular complexity index is 1260. The molecule has 2 heterocycles. The first-order valence-electron chi connectivity index (χ1n) is 9.78. The van der Waals surface area contributed by atoms with Crippen LogP contribution in [0.5, 0.6) is 0 Å². The zero-order valence-corrected chi connectivity index (χ0v) is 20.4. The third-order valence-electron chi connectivity index (χ3n) is 5.28. The third kappa shape index (κ3) is 4.87. The Morgan fingerprint density at radius 3 is 2.70 bits per heavy atom. The Kier molecular flexibility index (Phi) is 6.96. The maximum atomic E-state index is 14.9. The minimum Gasteiger partial charge on any atom is -0.368 e. The second-order valence-electron chi connectivity index (χ2n) is 7.34. The van der Waals surface area contributed by atoms with Gasteiger partial charge in [-0.25, -0.2) is 13.8 Å². The second kappa shape index (κ2) is 9.59. The zero-order chi connectivity index (χ0) is 23.8. The number of sulfonamides is 1. The molecule has 0 amide bonds. The van der Waals surface area contributed by atoms with Crippen molar-refractivity contribution in [3.05, 3.63) is 57.9 Å². The maximum Gasteiger partial charge on any atom is 0.282 e. The molecule has 176 valence electrons. The number of rotatable bonds is 7. The number of hydrogen-bond acceptors (Lipinski definition) is 7. The number of nitrogens with one attached hydrogen (secondary N) is 2. The summed E-state index contributed by atoms with van der Waals surface area (Å²) in [5, 5.41) is 7.56. The highest BCUT2D eigenvalue weighted by Crippen LogP contribution is 2.37. The summed E-state index contributed by atoms with van der Waals surface area (Å²) in [4.78, 5) is 5.14. The molecule has 3 aromatic rings. The average molecular weight is 534 g/mol. The molecule has 2 aromatic carbocycles. The normalized spacial score (nSPS) is 16.3. The summed E-state index contributed by atoms with van der Waals surface area (Å²) in [7, 11) is -2.58. The van der Waals surface area contributed by atoms with Gasteiger partial charge in [0.2, 0.25) is 0 Å². The first-order valence-corrected chi connectivity index (χ1v) is 12.9. The number of benzene rings is 2. The molecule has 1 aliphatic rings. The number of halogens is 4. The van der Waals surface area contributed by atoms with Crippen molar-refractivity contribution in [3.8, 4) is 0 Å². The average Bonchev–Trinajstić information content (AvgIpc) is 3.48. The molecule has 7 nitrogen and oxygen atoms in total. The smallest absolute Gasteiger partial charge is 0.282 e. The topological polar surface area (TPSA) is 77.6 Å². The van der Waals surface area contributed by atoms with Gasteiger partial charge in [-0.05, 0) is 37.7 Å². The van der Waals surface area contributed by atoms with Crippen molar-refractivity contribution in [1.29, 1.82) is 0 Å². The van der Waals surface area contributed by atoms with Crippen molar-refractivity contribution in [2.45, 2.75) is 17.4 Å². The van der Waals surface area contributed by atoms with Crippen LogP contribution in [0, 0.1) is 11.6 Å². The highest BCUT2D eigenvalue weighted by atomic mass is 35.5. The molecule has 1 atom stereocenters. The third-order valence-corrected chi connectivity index (χ3v) is 8.36. The fraction of sp³-hybridized carbons (Fsp3) is 0.250. The summed E-state index contributed by atoms with van der Waals surface area (Å²) in [5.74, 6) is -1.52. The maximum absolute atomic E-state index is 14.9. The Labute approximate surface area is 204 Å². The summed E-state index contributed by atoms with van der Waals surface area (Å²) >= 11 is 13.4. The minimum atomic E-state index is -4.45. The van der Waals surface area contributed by atoms with E-state index in [9.17, 15) is 17.2 Å². The van der Waals surface area contributed by atoms with E-state index in [-0.39, 0.29) is 22.6 Å². The van der Waals surface area contributed by atoms with Crippen molar-refractivity contribution in [3.63, 3.8) is 0 Å². The molecule has 0 bridgehead atoms. The van der Waals surface area contributed by atoms with Crippen LogP contribution in [0.2, 0.25) is 5.02 Å². The van der Waals surface area contributed by atoms with Crippen LogP contribution in [0.15, 0.2) is 46.1 Å². The number of aromatic nitrogens is 1. The van der Waals surface area contributed by atoms with Gasteiger partial charge in [0.05, 0.1) is 27.6 Å². The van der Waals surface area contributed by atoms with Crippen LogP contribution in [0.25, 0.3) is 0 Å². The van der Waals surface area contributed by atoms with Gasteiger partial charge in [0, 0.05) is 42.4 Å². The lowest BCUT2D eigenvalue weighted by molar-refractivity contribution is 0.568. The monoisotopic (exact) mass is 533 g/mol. The van der Waals surface area contributed by atoms with E-state index in [4.69, 9.17) is 23.4 Å². The Morgan fingerprint density at radius 2 is 2.03 bits per heavy atom. The van der Waals surface area contributed by atoms with Crippen LogP contribution in [-0.2, 0) is 10.0 Å². The van der Waals surface area contributed by atoms with Gasteiger partial charge in [0.15, 0.2) is 5.82 Å².